The van der Waals surface area contributed by atoms with Gasteiger partial charge in [0, 0.05) is 18.8 Å². The molecule has 18 heavy (non-hydrogen) atoms. The Kier molecular flexibility index (Phi) is 4.07. The molecule has 2 rings (SSSR count). The molecule has 1 aliphatic rings. The quantitative estimate of drug-likeness (QED) is 0.888. The van der Waals surface area contributed by atoms with Crippen LogP contribution >= 0.6 is 0 Å². The SMILES string of the molecule is CCCn1cc(S(=O)(=O)NC2CCCC2)nc1C. The first kappa shape index (κ1) is 13.5. The van der Waals surface area contributed by atoms with Crippen molar-refractivity contribution in [2.45, 2.75) is 63.6 Å². The molecular weight excluding hydrogens is 250 g/mol. The molecule has 102 valence electrons. The van der Waals surface area contributed by atoms with Crippen LogP contribution in [0.15, 0.2) is 11.2 Å². The maximum Gasteiger partial charge on any atom is 0.259 e. The van der Waals surface area contributed by atoms with Gasteiger partial charge >= 0.3 is 0 Å². The van der Waals surface area contributed by atoms with E-state index in [1.807, 2.05) is 11.5 Å². The topological polar surface area (TPSA) is 64.0 Å². The van der Waals surface area contributed by atoms with Crippen LogP contribution in [0, 0.1) is 6.92 Å². The van der Waals surface area contributed by atoms with Crippen LogP contribution in [-0.4, -0.2) is 24.0 Å². The predicted molar refractivity (Wildman–Crippen MR) is 69.8 cm³/mol. The van der Waals surface area contributed by atoms with Gasteiger partial charge in [0.05, 0.1) is 0 Å². The van der Waals surface area contributed by atoms with Gasteiger partial charge in [-0.05, 0) is 26.2 Å². The maximum absolute atomic E-state index is 12.2. The summed E-state index contributed by atoms with van der Waals surface area (Å²) in [4.78, 5) is 4.16. The van der Waals surface area contributed by atoms with Crippen molar-refractivity contribution in [2.24, 2.45) is 0 Å². The molecule has 0 amide bonds. The Morgan fingerprint density at radius 3 is 2.72 bits per heavy atom. The average Bonchev–Trinajstić information content (AvgIpc) is 2.90. The van der Waals surface area contributed by atoms with Crippen LogP contribution in [0.25, 0.3) is 0 Å². The van der Waals surface area contributed by atoms with Gasteiger partial charge in [0.2, 0.25) is 0 Å². The summed E-state index contributed by atoms with van der Waals surface area (Å²) in [5.41, 5.74) is 0. The highest BCUT2D eigenvalue weighted by Crippen LogP contribution is 2.20. The lowest BCUT2D eigenvalue weighted by atomic mass is 10.3. The van der Waals surface area contributed by atoms with Gasteiger partial charge in [-0.15, -0.1) is 0 Å². The molecule has 0 radical (unpaired) electrons. The predicted octanol–water partition coefficient (Wildman–Crippen LogP) is 1.82. The fraction of sp³-hybridized carbons (Fsp3) is 0.750. The molecule has 6 heteroatoms. The van der Waals surface area contributed by atoms with Gasteiger partial charge in [0.1, 0.15) is 5.82 Å². The highest BCUT2D eigenvalue weighted by atomic mass is 32.2. The van der Waals surface area contributed by atoms with Crippen molar-refractivity contribution in [3.63, 3.8) is 0 Å². The first-order chi connectivity index (χ1) is 8.53. The van der Waals surface area contributed by atoms with Gasteiger partial charge in [-0.1, -0.05) is 19.8 Å². The van der Waals surface area contributed by atoms with E-state index in [2.05, 4.69) is 16.6 Å². The van der Waals surface area contributed by atoms with Crippen LogP contribution in [-0.2, 0) is 16.6 Å². The molecule has 1 aliphatic carbocycles. The van der Waals surface area contributed by atoms with Crippen LogP contribution in [0.2, 0.25) is 0 Å². The highest BCUT2D eigenvalue weighted by molar-refractivity contribution is 7.89. The molecule has 1 saturated carbocycles. The van der Waals surface area contributed by atoms with E-state index in [1.54, 1.807) is 6.20 Å². The molecule has 0 spiro atoms. The van der Waals surface area contributed by atoms with E-state index < -0.39 is 10.0 Å². The molecule has 1 N–H and O–H groups in total. The van der Waals surface area contributed by atoms with Crippen LogP contribution in [0.4, 0.5) is 0 Å². The Morgan fingerprint density at radius 2 is 2.11 bits per heavy atom. The lowest BCUT2D eigenvalue weighted by molar-refractivity contribution is 0.549. The van der Waals surface area contributed by atoms with Gasteiger partial charge < -0.3 is 4.57 Å². The molecule has 0 atom stereocenters. The number of hydrogen-bond acceptors (Lipinski definition) is 3. The minimum Gasteiger partial charge on any atom is -0.334 e. The second-order valence-corrected chi connectivity index (χ2v) is 6.58. The summed E-state index contributed by atoms with van der Waals surface area (Å²) in [7, 11) is -3.45. The Labute approximate surface area is 109 Å². The van der Waals surface area contributed by atoms with E-state index in [0.29, 0.717) is 0 Å². The fourth-order valence-electron chi connectivity index (χ4n) is 2.40. The minimum atomic E-state index is -3.45. The molecule has 1 fully saturated rings. The van der Waals surface area contributed by atoms with E-state index >= 15 is 0 Å². The lowest BCUT2D eigenvalue weighted by Gasteiger charge is -2.10. The third kappa shape index (κ3) is 2.92. The number of hydrogen-bond donors (Lipinski definition) is 1. The van der Waals surface area contributed by atoms with Crippen molar-refractivity contribution in [2.75, 3.05) is 0 Å². The van der Waals surface area contributed by atoms with Crippen LogP contribution in [0.1, 0.15) is 44.9 Å². The van der Waals surface area contributed by atoms with E-state index in [1.165, 1.54) is 0 Å². The van der Waals surface area contributed by atoms with Crippen molar-refractivity contribution >= 4 is 10.0 Å². The van der Waals surface area contributed by atoms with E-state index in [0.717, 1.165) is 44.5 Å². The van der Waals surface area contributed by atoms with Gasteiger partial charge in [0.25, 0.3) is 10.0 Å². The lowest BCUT2D eigenvalue weighted by Crippen LogP contribution is -2.32. The van der Waals surface area contributed by atoms with Crippen molar-refractivity contribution in [1.29, 1.82) is 0 Å². The average molecular weight is 271 g/mol. The molecular formula is C12H21N3O2S. The highest BCUT2D eigenvalue weighted by Gasteiger charge is 2.25. The molecule has 0 unspecified atom stereocenters. The first-order valence-electron chi connectivity index (χ1n) is 6.59. The third-order valence-electron chi connectivity index (χ3n) is 3.37. The second-order valence-electron chi connectivity index (χ2n) is 4.92. The number of imidazole rings is 1. The number of rotatable bonds is 5. The van der Waals surface area contributed by atoms with Crippen molar-refractivity contribution in [1.82, 2.24) is 14.3 Å². The largest absolute Gasteiger partial charge is 0.334 e. The van der Waals surface area contributed by atoms with E-state index in [4.69, 9.17) is 0 Å². The van der Waals surface area contributed by atoms with E-state index in [9.17, 15) is 8.42 Å². The number of nitrogens with one attached hydrogen (secondary N) is 1. The number of nitrogens with zero attached hydrogens (tertiary/aromatic N) is 2. The third-order valence-corrected chi connectivity index (χ3v) is 4.76. The molecule has 1 heterocycles. The fourth-order valence-corrected chi connectivity index (χ4v) is 3.71. The Bertz CT molecular complexity index is 501. The summed E-state index contributed by atoms with van der Waals surface area (Å²) in [6.45, 7) is 4.70. The van der Waals surface area contributed by atoms with Gasteiger partial charge in [-0.2, -0.15) is 0 Å². The molecule has 0 saturated heterocycles. The molecule has 0 aliphatic heterocycles. The first-order valence-corrected chi connectivity index (χ1v) is 8.07. The smallest absolute Gasteiger partial charge is 0.259 e. The van der Waals surface area contributed by atoms with Crippen molar-refractivity contribution in [3.8, 4) is 0 Å². The summed E-state index contributed by atoms with van der Waals surface area (Å²) in [5.74, 6) is 0.753. The number of aromatic nitrogens is 2. The second kappa shape index (κ2) is 5.40. The normalized spacial score (nSPS) is 17.4. The summed E-state index contributed by atoms with van der Waals surface area (Å²) in [6, 6.07) is 0.0895. The Morgan fingerprint density at radius 1 is 1.44 bits per heavy atom. The van der Waals surface area contributed by atoms with Crippen LogP contribution in [0.3, 0.4) is 0 Å². The summed E-state index contributed by atoms with van der Waals surface area (Å²) in [6.07, 6.45) is 6.69. The summed E-state index contributed by atoms with van der Waals surface area (Å²) >= 11 is 0. The van der Waals surface area contributed by atoms with Gasteiger partial charge in [-0.3, -0.25) is 0 Å². The standard InChI is InChI=1S/C12H21N3O2S/c1-3-8-15-9-12(13-10(15)2)18(16,17)14-11-6-4-5-7-11/h9,11,14H,3-8H2,1-2H3. The van der Waals surface area contributed by atoms with Gasteiger partial charge in [-0.25, -0.2) is 18.1 Å². The minimum absolute atomic E-state index is 0.0895. The van der Waals surface area contributed by atoms with Crippen LogP contribution < -0.4 is 4.72 Å². The zero-order valence-electron chi connectivity index (χ0n) is 11.0. The zero-order valence-corrected chi connectivity index (χ0v) is 11.8. The van der Waals surface area contributed by atoms with Crippen molar-refractivity contribution < 1.29 is 8.42 Å². The number of sulfonamides is 1. The molecule has 5 nitrogen and oxygen atoms in total. The Balaban J connectivity index is 2.15. The Hall–Kier alpha value is -0.880. The van der Waals surface area contributed by atoms with E-state index in [-0.39, 0.29) is 11.1 Å². The van der Waals surface area contributed by atoms with Crippen LogP contribution in [0.5, 0.6) is 0 Å². The van der Waals surface area contributed by atoms with Crippen molar-refractivity contribution in [3.05, 3.63) is 12.0 Å². The van der Waals surface area contributed by atoms with Gasteiger partial charge in [0.15, 0.2) is 5.03 Å². The maximum atomic E-state index is 12.2. The molecule has 0 aromatic carbocycles. The number of aryl methyl sites for hydroxylation is 2. The molecule has 1 aromatic heterocycles. The monoisotopic (exact) mass is 271 g/mol. The molecule has 0 bridgehead atoms. The zero-order chi connectivity index (χ0) is 13.2. The summed E-state index contributed by atoms with van der Waals surface area (Å²) < 4.78 is 29.0. The molecule has 1 aromatic rings. The summed E-state index contributed by atoms with van der Waals surface area (Å²) in [5, 5.41) is 0.153.